The van der Waals surface area contributed by atoms with E-state index in [1.165, 1.54) is 6.07 Å². The number of nitro benzene ring substituents is 1. The Morgan fingerprint density at radius 3 is 2.68 bits per heavy atom. The molecule has 0 fully saturated rings. The average molecular weight is 322 g/mol. The van der Waals surface area contributed by atoms with E-state index in [-0.39, 0.29) is 11.4 Å². The van der Waals surface area contributed by atoms with Crippen LogP contribution in [0.4, 0.5) is 22.7 Å². The molecule has 0 amide bonds. The lowest BCUT2D eigenvalue weighted by Crippen LogP contribution is -1.98. The van der Waals surface area contributed by atoms with Gasteiger partial charge in [0.15, 0.2) is 0 Å². The van der Waals surface area contributed by atoms with Gasteiger partial charge in [0.25, 0.3) is 5.69 Å². The predicted octanol–water partition coefficient (Wildman–Crippen LogP) is 3.99. The molecule has 5 nitrogen and oxygen atoms in total. The van der Waals surface area contributed by atoms with Gasteiger partial charge in [-0.3, -0.25) is 10.1 Å². The van der Waals surface area contributed by atoms with E-state index in [1.807, 2.05) is 25.1 Å². The molecule has 2 aromatic rings. The first kappa shape index (κ1) is 13.4. The van der Waals surface area contributed by atoms with E-state index >= 15 is 0 Å². The van der Waals surface area contributed by atoms with E-state index in [4.69, 9.17) is 5.73 Å². The van der Waals surface area contributed by atoms with Gasteiger partial charge in [-0.2, -0.15) is 0 Å². The van der Waals surface area contributed by atoms with Crippen LogP contribution in [0.2, 0.25) is 0 Å². The summed E-state index contributed by atoms with van der Waals surface area (Å²) >= 11 is 3.49. The van der Waals surface area contributed by atoms with Gasteiger partial charge in [-0.05, 0) is 46.6 Å². The first-order chi connectivity index (χ1) is 8.99. The summed E-state index contributed by atoms with van der Waals surface area (Å²) in [4.78, 5) is 10.2. The number of nitrogens with two attached hydrogens (primary N) is 1. The van der Waals surface area contributed by atoms with Gasteiger partial charge in [-0.15, -0.1) is 0 Å². The van der Waals surface area contributed by atoms with E-state index in [9.17, 15) is 10.1 Å². The molecule has 0 aliphatic carbocycles. The molecule has 0 bridgehead atoms. The van der Waals surface area contributed by atoms with E-state index in [0.29, 0.717) is 5.69 Å². The van der Waals surface area contributed by atoms with Crippen molar-refractivity contribution in [1.82, 2.24) is 0 Å². The Hall–Kier alpha value is -2.08. The lowest BCUT2D eigenvalue weighted by Gasteiger charge is -2.10. The second-order valence-corrected chi connectivity index (χ2v) is 4.89. The number of nitrogens with zero attached hydrogens (tertiary/aromatic N) is 1. The molecule has 0 spiro atoms. The van der Waals surface area contributed by atoms with Crippen LogP contribution < -0.4 is 11.1 Å². The molecule has 0 atom stereocenters. The molecule has 6 heteroatoms. The Morgan fingerprint density at radius 1 is 1.32 bits per heavy atom. The Morgan fingerprint density at radius 2 is 2.05 bits per heavy atom. The average Bonchev–Trinajstić information content (AvgIpc) is 2.34. The molecule has 0 saturated heterocycles. The third-order valence-electron chi connectivity index (χ3n) is 2.70. The summed E-state index contributed by atoms with van der Waals surface area (Å²) < 4.78 is 0.951. The van der Waals surface area contributed by atoms with Crippen LogP contribution in [-0.2, 0) is 0 Å². The normalized spacial score (nSPS) is 10.2. The number of anilines is 3. The standard InChI is InChI=1S/C13H12BrN3O2/c1-8-3-2-4-11(13(8)14)16-9-5-6-12(17(18)19)10(15)7-9/h2-7,16H,15H2,1H3. The summed E-state index contributed by atoms with van der Waals surface area (Å²) in [6.45, 7) is 1.99. The summed E-state index contributed by atoms with van der Waals surface area (Å²) in [5.74, 6) is 0. The highest BCUT2D eigenvalue weighted by molar-refractivity contribution is 9.10. The molecule has 0 aliphatic rings. The Labute approximate surface area is 118 Å². The minimum absolute atomic E-state index is 0.0890. The van der Waals surface area contributed by atoms with Gasteiger partial charge >= 0.3 is 0 Å². The van der Waals surface area contributed by atoms with Crippen LogP contribution in [0.15, 0.2) is 40.9 Å². The highest BCUT2D eigenvalue weighted by Gasteiger charge is 2.11. The van der Waals surface area contributed by atoms with Crippen molar-refractivity contribution in [1.29, 1.82) is 0 Å². The van der Waals surface area contributed by atoms with Crippen LogP contribution >= 0.6 is 15.9 Å². The van der Waals surface area contributed by atoms with Crippen LogP contribution in [0.25, 0.3) is 0 Å². The van der Waals surface area contributed by atoms with Gasteiger partial charge in [-0.1, -0.05) is 12.1 Å². The number of rotatable bonds is 3. The summed E-state index contributed by atoms with van der Waals surface area (Å²) in [5.41, 5.74) is 8.38. The molecule has 0 heterocycles. The SMILES string of the molecule is Cc1cccc(Nc2ccc([N+](=O)[O-])c(N)c2)c1Br. The van der Waals surface area contributed by atoms with Crippen molar-refractivity contribution in [3.05, 3.63) is 56.5 Å². The number of halogens is 1. The number of aryl methyl sites for hydroxylation is 1. The zero-order valence-corrected chi connectivity index (χ0v) is 11.8. The molecule has 98 valence electrons. The van der Waals surface area contributed by atoms with Crippen LogP contribution in [0.5, 0.6) is 0 Å². The zero-order valence-electron chi connectivity index (χ0n) is 10.2. The van der Waals surface area contributed by atoms with Crippen molar-refractivity contribution in [2.24, 2.45) is 0 Å². The summed E-state index contributed by atoms with van der Waals surface area (Å²) in [6, 6.07) is 10.4. The molecular formula is C13H12BrN3O2. The number of hydrogen-bond donors (Lipinski definition) is 2. The van der Waals surface area contributed by atoms with Crippen LogP contribution in [0, 0.1) is 17.0 Å². The van der Waals surface area contributed by atoms with E-state index in [0.717, 1.165) is 15.7 Å². The summed E-state index contributed by atoms with van der Waals surface area (Å²) in [5, 5.41) is 13.9. The summed E-state index contributed by atoms with van der Waals surface area (Å²) in [6.07, 6.45) is 0. The van der Waals surface area contributed by atoms with Gasteiger partial charge in [0.1, 0.15) is 5.69 Å². The maximum absolute atomic E-state index is 10.7. The van der Waals surface area contributed by atoms with Gasteiger partial charge in [0.2, 0.25) is 0 Å². The highest BCUT2D eigenvalue weighted by atomic mass is 79.9. The molecule has 2 aromatic carbocycles. The number of nitrogen functional groups attached to an aromatic ring is 1. The molecule has 0 radical (unpaired) electrons. The Balaban J connectivity index is 2.32. The van der Waals surface area contributed by atoms with E-state index in [2.05, 4.69) is 21.2 Å². The maximum atomic E-state index is 10.7. The Bertz CT molecular complexity index is 644. The van der Waals surface area contributed by atoms with Gasteiger partial charge in [0.05, 0.1) is 10.6 Å². The molecule has 0 aliphatic heterocycles. The lowest BCUT2D eigenvalue weighted by molar-refractivity contribution is -0.383. The molecule has 0 aromatic heterocycles. The quantitative estimate of drug-likeness (QED) is 0.508. The first-order valence-electron chi connectivity index (χ1n) is 5.55. The van der Waals surface area contributed by atoms with Crippen LogP contribution in [0.3, 0.4) is 0 Å². The van der Waals surface area contributed by atoms with Crippen LogP contribution in [0.1, 0.15) is 5.56 Å². The largest absolute Gasteiger partial charge is 0.393 e. The van der Waals surface area contributed by atoms with Gasteiger partial charge < -0.3 is 11.1 Å². The second-order valence-electron chi connectivity index (χ2n) is 4.09. The molecule has 2 rings (SSSR count). The zero-order chi connectivity index (χ0) is 14.0. The number of nitrogens with one attached hydrogen (secondary N) is 1. The number of nitro groups is 1. The van der Waals surface area contributed by atoms with Crippen molar-refractivity contribution < 1.29 is 4.92 Å². The van der Waals surface area contributed by atoms with Gasteiger partial charge in [0, 0.05) is 16.2 Å². The van der Waals surface area contributed by atoms with E-state index < -0.39 is 4.92 Å². The predicted molar refractivity (Wildman–Crippen MR) is 79.7 cm³/mol. The van der Waals surface area contributed by atoms with Crippen molar-refractivity contribution in [2.75, 3.05) is 11.1 Å². The molecular weight excluding hydrogens is 310 g/mol. The Kier molecular flexibility index (Phi) is 3.71. The van der Waals surface area contributed by atoms with Crippen molar-refractivity contribution in [2.45, 2.75) is 6.92 Å². The fourth-order valence-corrected chi connectivity index (χ4v) is 2.06. The smallest absolute Gasteiger partial charge is 0.292 e. The fraction of sp³-hybridized carbons (Fsp3) is 0.0769. The minimum atomic E-state index is -0.498. The molecule has 3 N–H and O–H groups in total. The van der Waals surface area contributed by atoms with E-state index in [1.54, 1.807) is 12.1 Å². The monoisotopic (exact) mass is 321 g/mol. The fourth-order valence-electron chi connectivity index (χ4n) is 1.70. The molecule has 19 heavy (non-hydrogen) atoms. The lowest BCUT2D eigenvalue weighted by atomic mass is 10.2. The maximum Gasteiger partial charge on any atom is 0.292 e. The minimum Gasteiger partial charge on any atom is -0.393 e. The second kappa shape index (κ2) is 5.27. The molecule has 0 unspecified atom stereocenters. The number of benzene rings is 2. The third-order valence-corrected chi connectivity index (χ3v) is 3.75. The van der Waals surface area contributed by atoms with Crippen molar-refractivity contribution in [3.63, 3.8) is 0 Å². The van der Waals surface area contributed by atoms with Crippen molar-refractivity contribution in [3.8, 4) is 0 Å². The van der Waals surface area contributed by atoms with Crippen molar-refractivity contribution >= 4 is 38.7 Å². The highest BCUT2D eigenvalue weighted by Crippen LogP contribution is 2.31. The molecule has 0 saturated carbocycles. The first-order valence-corrected chi connectivity index (χ1v) is 6.34. The summed E-state index contributed by atoms with van der Waals surface area (Å²) in [7, 11) is 0. The third kappa shape index (κ3) is 2.85. The topological polar surface area (TPSA) is 81.2 Å². The van der Waals surface area contributed by atoms with Crippen LogP contribution in [-0.4, -0.2) is 4.92 Å². The number of hydrogen-bond acceptors (Lipinski definition) is 4. The van der Waals surface area contributed by atoms with Gasteiger partial charge in [-0.25, -0.2) is 0 Å².